The van der Waals surface area contributed by atoms with Crippen molar-refractivity contribution < 1.29 is 71.1 Å². The molecule has 69 heavy (non-hydrogen) atoms. The Balaban J connectivity index is 0.00000103. The summed E-state index contributed by atoms with van der Waals surface area (Å²) in [6.45, 7) is 21.3. The zero-order chi connectivity index (χ0) is 52.9. The maximum Gasteiger partial charge on any atom is 0.274 e. The minimum atomic E-state index is -1.05. The zero-order valence-electron chi connectivity index (χ0n) is 43.1. The summed E-state index contributed by atoms with van der Waals surface area (Å²) in [6.07, 6.45) is 2.71. The first-order chi connectivity index (χ1) is 32.4. The van der Waals surface area contributed by atoms with E-state index in [1.807, 2.05) is 34.6 Å². The minimum Gasteiger partial charge on any atom is -0.388 e. The molecule has 0 bridgehead atoms. The van der Waals surface area contributed by atoms with Crippen LogP contribution in [0.1, 0.15) is 114 Å². The van der Waals surface area contributed by atoms with Gasteiger partial charge in [0, 0.05) is 46.6 Å². The Bertz CT molecular complexity index is 1890. The van der Waals surface area contributed by atoms with Gasteiger partial charge in [0.05, 0.1) is 51.6 Å². The van der Waals surface area contributed by atoms with Crippen LogP contribution in [-0.2, 0) is 52.5 Å². The van der Waals surface area contributed by atoms with Crippen LogP contribution in [-0.4, -0.2) is 161 Å². The van der Waals surface area contributed by atoms with Crippen molar-refractivity contribution in [1.29, 1.82) is 0 Å². The van der Waals surface area contributed by atoms with Crippen LogP contribution >= 0.6 is 0 Å². The molecule has 0 radical (unpaired) electrons. The monoisotopic (exact) mass is 983 g/mol. The van der Waals surface area contributed by atoms with E-state index in [0.29, 0.717) is 56.3 Å². The SMILES string of the molecule is CC(C)C[C@H](NC(=O)CNC=O)C(=O)[C@@]1(C)CO1.CCC.COC.COC[C@@H](C)NC(=O)c1cc(C)on1.COC[C@H](NC(=O)c1cc(C)on1)C(=O)NCC(=O)N[C@@H](CC(C)C)C(=O)[C@@]1(C)CO1. The number of carbonyl (C=O) groups excluding carboxylic acids is 8. The molecule has 0 unspecified atom stereocenters. The van der Waals surface area contributed by atoms with Crippen LogP contribution in [0.15, 0.2) is 21.2 Å². The highest BCUT2D eigenvalue weighted by Gasteiger charge is 2.51. The third kappa shape index (κ3) is 26.1. The fraction of sp³-hybridized carbons (Fsp3) is 0.696. The second-order valence-corrected chi connectivity index (χ2v) is 17.6. The fourth-order valence-electron chi connectivity index (χ4n) is 5.68. The number of nitrogens with one attached hydrogen (secondary N) is 6. The van der Waals surface area contributed by atoms with Gasteiger partial charge < -0.3 is 64.6 Å². The van der Waals surface area contributed by atoms with E-state index in [1.165, 1.54) is 19.6 Å². The summed E-state index contributed by atoms with van der Waals surface area (Å²) in [5, 5.41) is 22.4. The van der Waals surface area contributed by atoms with E-state index in [2.05, 4.69) is 60.8 Å². The van der Waals surface area contributed by atoms with Crippen LogP contribution < -0.4 is 31.9 Å². The van der Waals surface area contributed by atoms with Crippen LogP contribution in [0.5, 0.6) is 0 Å². The van der Waals surface area contributed by atoms with E-state index >= 15 is 0 Å². The Morgan fingerprint density at radius 1 is 0.667 bits per heavy atom. The maximum absolute atomic E-state index is 12.6. The molecule has 2 fully saturated rings. The van der Waals surface area contributed by atoms with Crippen molar-refractivity contribution in [3.8, 4) is 0 Å². The Hall–Kier alpha value is -5.62. The highest BCUT2D eigenvalue weighted by atomic mass is 16.6. The third-order valence-corrected chi connectivity index (χ3v) is 9.15. The lowest BCUT2D eigenvalue weighted by Gasteiger charge is -2.22. The molecule has 2 saturated heterocycles. The van der Waals surface area contributed by atoms with Crippen molar-refractivity contribution in [3.63, 3.8) is 0 Å². The number of aryl methyl sites for hydroxylation is 2. The first kappa shape index (κ1) is 63.4. The largest absolute Gasteiger partial charge is 0.388 e. The second-order valence-electron chi connectivity index (χ2n) is 17.6. The van der Waals surface area contributed by atoms with Crippen LogP contribution in [0.2, 0.25) is 0 Å². The predicted octanol–water partition coefficient (Wildman–Crippen LogP) is 1.78. The molecule has 4 rings (SSSR count). The smallest absolute Gasteiger partial charge is 0.274 e. The minimum absolute atomic E-state index is 0.0231. The van der Waals surface area contributed by atoms with Gasteiger partial charge in [-0.15, -0.1) is 0 Å². The van der Waals surface area contributed by atoms with Gasteiger partial charge in [0.1, 0.15) is 28.8 Å². The van der Waals surface area contributed by atoms with Gasteiger partial charge in [-0.2, -0.15) is 0 Å². The lowest BCUT2D eigenvalue weighted by atomic mass is 9.93. The van der Waals surface area contributed by atoms with E-state index in [0.717, 1.165) is 0 Å². The number of nitrogens with zero attached hydrogens (tertiary/aromatic N) is 2. The molecule has 0 spiro atoms. The Labute approximate surface area is 405 Å². The fourth-order valence-corrected chi connectivity index (χ4v) is 5.68. The highest BCUT2D eigenvalue weighted by Crippen LogP contribution is 2.30. The first-order valence-electron chi connectivity index (χ1n) is 22.7. The lowest BCUT2D eigenvalue weighted by molar-refractivity contribution is -0.131. The third-order valence-electron chi connectivity index (χ3n) is 9.15. The van der Waals surface area contributed by atoms with Crippen LogP contribution in [0.3, 0.4) is 0 Å². The number of rotatable bonds is 24. The van der Waals surface area contributed by atoms with Crippen LogP contribution in [0, 0.1) is 25.7 Å². The number of hydrogen-bond acceptors (Lipinski definition) is 17. The van der Waals surface area contributed by atoms with Crippen molar-refractivity contribution in [2.75, 3.05) is 68.0 Å². The number of carbonyl (C=O) groups is 8. The van der Waals surface area contributed by atoms with Crippen molar-refractivity contribution in [3.05, 3.63) is 35.0 Å². The zero-order valence-corrected chi connectivity index (χ0v) is 43.1. The van der Waals surface area contributed by atoms with Gasteiger partial charge in [0.15, 0.2) is 23.0 Å². The van der Waals surface area contributed by atoms with Crippen molar-refractivity contribution in [2.24, 2.45) is 11.8 Å². The van der Waals surface area contributed by atoms with Crippen LogP contribution in [0.25, 0.3) is 0 Å². The quantitative estimate of drug-likeness (QED) is 0.0645. The molecular formula is C46H78N8O15. The molecule has 0 aliphatic carbocycles. The summed E-state index contributed by atoms with van der Waals surface area (Å²) in [5.41, 5.74) is -1.28. The number of Topliss-reactive ketones (excluding diaryl/α,β-unsaturated/α-hetero) is 2. The normalized spacial score (nSPS) is 17.9. The molecule has 23 nitrogen and oxygen atoms in total. The molecule has 6 amide bonds. The van der Waals surface area contributed by atoms with E-state index in [4.69, 9.17) is 28.0 Å². The van der Waals surface area contributed by atoms with Gasteiger partial charge >= 0.3 is 0 Å². The van der Waals surface area contributed by atoms with Gasteiger partial charge in [0.2, 0.25) is 24.1 Å². The summed E-state index contributed by atoms with van der Waals surface area (Å²) >= 11 is 0. The Kier molecular flexibility index (Phi) is 30.3. The van der Waals surface area contributed by atoms with E-state index in [1.54, 1.807) is 55.1 Å². The van der Waals surface area contributed by atoms with E-state index in [9.17, 15) is 38.4 Å². The van der Waals surface area contributed by atoms with E-state index in [-0.39, 0.29) is 66.6 Å². The topological polar surface area (TPSA) is 314 Å². The van der Waals surface area contributed by atoms with Gasteiger partial charge in [-0.25, -0.2) is 0 Å². The van der Waals surface area contributed by atoms with Crippen LogP contribution in [0.4, 0.5) is 0 Å². The van der Waals surface area contributed by atoms with Crippen molar-refractivity contribution in [2.45, 2.75) is 131 Å². The number of ketones is 2. The van der Waals surface area contributed by atoms with Gasteiger partial charge in [-0.1, -0.05) is 58.3 Å². The van der Waals surface area contributed by atoms with E-state index < -0.39 is 47.0 Å². The number of amides is 6. The summed E-state index contributed by atoms with van der Waals surface area (Å²) in [6, 6.07) is 0.675. The highest BCUT2D eigenvalue weighted by molar-refractivity contribution is 5.99. The Morgan fingerprint density at radius 3 is 1.39 bits per heavy atom. The summed E-state index contributed by atoms with van der Waals surface area (Å²) in [7, 11) is 6.21. The molecule has 2 aliphatic rings. The average molecular weight is 983 g/mol. The summed E-state index contributed by atoms with van der Waals surface area (Å²) in [4.78, 5) is 94.8. The lowest BCUT2D eigenvalue weighted by Crippen LogP contribution is -2.53. The van der Waals surface area contributed by atoms with Gasteiger partial charge in [-0.05, 0) is 59.3 Å². The molecule has 6 atom stereocenters. The molecule has 2 aliphatic heterocycles. The number of aromatic nitrogens is 2. The molecule has 2 aromatic rings. The second kappa shape index (κ2) is 33.0. The van der Waals surface area contributed by atoms with Crippen molar-refractivity contribution in [1.82, 2.24) is 42.2 Å². The number of epoxide rings is 2. The molecule has 6 N–H and O–H groups in total. The van der Waals surface area contributed by atoms with Crippen molar-refractivity contribution >= 4 is 47.5 Å². The first-order valence-corrected chi connectivity index (χ1v) is 22.7. The molecule has 392 valence electrons. The average Bonchev–Trinajstić information content (AvgIpc) is 4.10. The predicted molar refractivity (Wildman–Crippen MR) is 252 cm³/mol. The molecular weight excluding hydrogens is 905 g/mol. The molecule has 4 heterocycles. The van der Waals surface area contributed by atoms with Gasteiger partial charge in [0.25, 0.3) is 11.8 Å². The number of methoxy groups -OCH3 is 3. The molecule has 0 aromatic carbocycles. The summed E-state index contributed by atoms with van der Waals surface area (Å²) in [5.74, 6) is -1.13. The standard InChI is InChI=1S/C20H30N4O7.C12H20N2O4.C9H14N2O3.C3H8.C2H6O/c1-11(2)6-13(17(26)20(4)10-30-20)22-16(25)8-21-18(27)15(9-29-5)23-19(28)14-7-12(3)31-24-14;1-8(2)4-9(11(17)12(3)6-18-12)14-10(16)5-13-7-15;1-6(5-13-3)10-9(12)8-4-7(2)14-11-8;2*1-3-2/h7,11,13,15H,6,8-10H2,1-5H3,(H,21,27)(H,22,25)(H,23,28);7-9H,4-6H2,1-3H3,(H,13,15)(H,14,16);4,6H,5H2,1-3H3,(H,10,12);3H2,1-2H3;1-2H3/t13-,15-,20+;9-,12+;6-;;/m001../s1. The van der Waals surface area contributed by atoms with Gasteiger partial charge in [-0.3, -0.25) is 38.4 Å². The maximum atomic E-state index is 12.6. The summed E-state index contributed by atoms with van der Waals surface area (Å²) < 4.78 is 34.1. The number of hydrogen-bond donors (Lipinski definition) is 6. The number of ether oxygens (including phenoxy) is 5. The Morgan fingerprint density at radius 2 is 1.06 bits per heavy atom. The molecule has 2 aromatic heterocycles. The molecule has 0 saturated carbocycles. The molecule has 23 heteroatoms.